The number of fused-ring (bicyclic) bond motifs is 1. The number of hydrogen-bond donors (Lipinski definition) is 1. The second-order valence-corrected chi connectivity index (χ2v) is 6.50. The van der Waals surface area contributed by atoms with Crippen LogP contribution in [0.25, 0.3) is 0 Å². The summed E-state index contributed by atoms with van der Waals surface area (Å²) in [5.41, 5.74) is 8.25. The zero-order valence-corrected chi connectivity index (χ0v) is 12.4. The first kappa shape index (κ1) is 13.3. The summed E-state index contributed by atoms with van der Waals surface area (Å²) >= 11 is 6.50. The van der Waals surface area contributed by atoms with E-state index in [2.05, 4.69) is 17.0 Å². The third-order valence-corrected chi connectivity index (χ3v) is 5.10. The van der Waals surface area contributed by atoms with E-state index in [1.807, 2.05) is 13.0 Å². The monoisotopic (exact) mass is 278 g/mol. The molecule has 0 radical (unpaired) electrons. The molecule has 1 saturated carbocycles. The summed E-state index contributed by atoms with van der Waals surface area (Å²) in [6.45, 7) is 3.15. The Balaban J connectivity index is 1.88. The van der Waals surface area contributed by atoms with Gasteiger partial charge in [0.1, 0.15) is 0 Å². The largest absolute Gasteiger partial charge is 0.367 e. The average molecular weight is 279 g/mol. The van der Waals surface area contributed by atoms with E-state index in [1.165, 1.54) is 37.8 Å². The summed E-state index contributed by atoms with van der Waals surface area (Å²) in [4.78, 5) is 2.55. The fourth-order valence-corrected chi connectivity index (χ4v) is 4.09. The maximum atomic E-state index is 6.50. The van der Waals surface area contributed by atoms with E-state index in [-0.39, 0.29) is 6.04 Å². The molecule has 0 amide bonds. The van der Waals surface area contributed by atoms with Crippen molar-refractivity contribution in [3.05, 3.63) is 28.8 Å². The molecule has 2 aliphatic rings. The Hall–Kier alpha value is -0.730. The molecule has 3 atom stereocenters. The van der Waals surface area contributed by atoms with Gasteiger partial charge < -0.3 is 10.6 Å². The molecule has 1 aromatic rings. The van der Waals surface area contributed by atoms with Crippen LogP contribution in [0.15, 0.2) is 18.2 Å². The standard InChI is InChI=1S/C16H23ClN2/c1-11(18)13-7-8-16(14(17)10-13)19-9-3-5-12-4-2-6-15(12)19/h7-8,10-12,15H,2-6,9,18H2,1H3/t11-,12?,15?/m1/s1. The molecular weight excluding hydrogens is 256 g/mol. The Kier molecular flexibility index (Phi) is 3.72. The van der Waals surface area contributed by atoms with Crippen molar-refractivity contribution >= 4 is 17.3 Å². The number of halogens is 1. The van der Waals surface area contributed by atoms with E-state index in [9.17, 15) is 0 Å². The summed E-state index contributed by atoms with van der Waals surface area (Å²) in [5.74, 6) is 0.887. The summed E-state index contributed by atoms with van der Waals surface area (Å²) in [6.07, 6.45) is 6.80. The van der Waals surface area contributed by atoms with Gasteiger partial charge in [0.15, 0.2) is 0 Å². The number of anilines is 1. The Morgan fingerprint density at radius 1 is 1.26 bits per heavy atom. The van der Waals surface area contributed by atoms with Crippen molar-refractivity contribution in [2.45, 2.75) is 51.1 Å². The molecule has 2 fully saturated rings. The number of hydrogen-bond acceptors (Lipinski definition) is 2. The number of piperidine rings is 1. The third-order valence-electron chi connectivity index (χ3n) is 4.80. The lowest BCUT2D eigenvalue weighted by atomic mass is 9.91. The minimum Gasteiger partial charge on any atom is -0.367 e. The molecule has 19 heavy (non-hydrogen) atoms. The highest BCUT2D eigenvalue weighted by atomic mass is 35.5. The van der Waals surface area contributed by atoms with Gasteiger partial charge in [-0.25, -0.2) is 0 Å². The first-order valence-electron chi connectivity index (χ1n) is 7.48. The molecule has 1 heterocycles. The van der Waals surface area contributed by atoms with Crippen molar-refractivity contribution in [2.24, 2.45) is 11.7 Å². The molecule has 1 saturated heterocycles. The quantitative estimate of drug-likeness (QED) is 0.881. The summed E-state index contributed by atoms with van der Waals surface area (Å²) in [7, 11) is 0. The van der Waals surface area contributed by atoms with E-state index in [4.69, 9.17) is 17.3 Å². The summed E-state index contributed by atoms with van der Waals surface area (Å²) in [6, 6.07) is 7.10. The first-order chi connectivity index (χ1) is 9.16. The van der Waals surface area contributed by atoms with Gasteiger partial charge in [0.05, 0.1) is 10.7 Å². The second-order valence-electron chi connectivity index (χ2n) is 6.09. The van der Waals surface area contributed by atoms with Crippen LogP contribution in [0, 0.1) is 5.92 Å². The van der Waals surface area contributed by atoms with Crippen LogP contribution in [0.1, 0.15) is 50.6 Å². The fourth-order valence-electron chi connectivity index (χ4n) is 3.79. The molecule has 2 N–H and O–H groups in total. The van der Waals surface area contributed by atoms with E-state index < -0.39 is 0 Å². The minimum atomic E-state index is 0.0483. The van der Waals surface area contributed by atoms with Gasteiger partial charge in [-0.3, -0.25) is 0 Å². The van der Waals surface area contributed by atoms with Gasteiger partial charge in [0, 0.05) is 18.6 Å². The zero-order valence-electron chi connectivity index (χ0n) is 11.6. The average Bonchev–Trinajstić information content (AvgIpc) is 2.86. The summed E-state index contributed by atoms with van der Waals surface area (Å²) < 4.78 is 0. The molecule has 2 nitrogen and oxygen atoms in total. The maximum Gasteiger partial charge on any atom is 0.0642 e. The van der Waals surface area contributed by atoms with Crippen molar-refractivity contribution in [3.8, 4) is 0 Å². The summed E-state index contributed by atoms with van der Waals surface area (Å²) in [5, 5.41) is 0.863. The Morgan fingerprint density at radius 3 is 2.79 bits per heavy atom. The predicted molar refractivity (Wildman–Crippen MR) is 81.8 cm³/mol. The Bertz CT molecular complexity index is 458. The molecule has 1 aliphatic heterocycles. The van der Waals surface area contributed by atoms with Crippen LogP contribution in [-0.2, 0) is 0 Å². The van der Waals surface area contributed by atoms with Crippen LogP contribution in [0.3, 0.4) is 0 Å². The number of benzene rings is 1. The molecule has 0 bridgehead atoms. The zero-order chi connectivity index (χ0) is 13.4. The highest BCUT2D eigenvalue weighted by Gasteiger charge is 2.35. The van der Waals surface area contributed by atoms with E-state index in [0.717, 1.165) is 23.0 Å². The van der Waals surface area contributed by atoms with Crippen molar-refractivity contribution < 1.29 is 0 Å². The van der Waals surface area contributed by atoms with E-state index in [0.29, 0.717) is 6.04 Å². The van der Waals surface area contributed by atoms with E-state index >= 15 is 0 Å². The van der Waals surface area contributed by atoms with Crippen LogP contribution in [0.5, 0.6) is 0 Å². The lowest BCUT2D eigenvalue weighted by molar-refractivity contribution is 0.362. The van der Waals surface area contributed by atoms with Crippen LogP contribution >= 0.6 is 11.6 Å². The highest BCUT2D eigenvalue weighted by molar-refractivity contribution is 6.33. The van der Waals surface area contributed by atoms with Crippen LogP contribution in [0.4, 0.5) is 5.69 Å². The molecule has 1 aromatic carbocycles. The SMILES string of the molecule is C[C@@H](N)c1ccc(N2CCCC3CCCC32)c(Cl)c1. The predicted octanol–water partition coefficient (Wildman–Crippen LogP) is 4.13. The van der Waals surface area contributed by atoms with Gasteiger partial charge in [-0.2, -0.15) is 0 Å². The van der Waals surface area contributed by atoms with Gasteiger partial charge in [0.2, 0.25) is 0 Å². The third kappa shape index (κ3) is 2.48. The Morgan fingerprint density at radius 2 is 2.05 bits per heavy atom. The first-order valence-corrected chi connectivity index (χ1v) is 7.86. The lowest BCUT2D eigenvalue weighted by Gasteiger charge is -2.40. The van der Waals surface area contributed by atoms with Gasteiger partial charge in [-0.05, 0) is 56.2 Å². The second kappa shape index (κ2) is 5.34. The smallest absolute Gasteiger partial charge is 0.0642 e. The molecule has 0 spiro atoms. The van der Waals surface area contributed by atoms with Crippen LogP contribution in [-0.4, -0.2) is 12.6 Å². The molecule has 104 valence electrons. The van der Waals surface area contributed by atoms with Gasteiger partial charge in [-0.1, -0.05) is 24.1 Å². The van der Waals surface area contributed by atoms with Crippen LogP contribution in [0.2, 0.25) is 5.02 Å². The van der Waals surface area contributed by atoms with Gasteiger partial charge in [0.25, 0.3) is 0 Å². The number of nitrogens with two attached hydrogens (primary N) is 1. The molecule has 3 heteroatoms. The Labute approximate surface area is 120 Å². The van der Waals surface area contributed by atoms with Crippen molar-refractivity contribution in [1.82, 2.24) is 0 Å². The highest BCUT2D eigenvalue weighted by Crippen LogP contribution is 2.41. The maximum absolute atomic E-state index is 6.50. The topological polar surface area (TPSA) is 29.3 Å². The van der Waals surface area contributed by atoms with Crippen LogP contribution < -0.4 is 10.6 Å². The normalized spacial score (nSPS) is 28.3. The van der Waals surface area contributed by atoms with E-state index in [1.54, 1.807) is 0 Å². The van der Waals surface area contributed by atoms with Gasteiger partial charge >= 0.3 is 0 Å². The molecule has 2 unspecified atom stereocenters. The van der Waals surface area contributed by atoms with Crippen molar-refractivity contribution in [1.29, 1.82) is 0 Å². The lowest BCUT2D eigenvalue weighted by Crippen LogP contribution is -2.42. The van der Waals surface area contributed by atoms with Crippen molar-refractivity contribution in [2.75, 3.05) is 11.4 Å². The minimum absolute atomic E-state index is 0.0483. The fraction of sp³-hybridized carbons (Fsp3) is 0.625. The van der Waals surface area contributed by atoms with Crippen molar-refractivity contribution in [3.63, 3.8) is 0 Å². The number of nitrogens with zero attached hydrogens (tertiary/aromatic N) is 1. The molecule has 1 aliphatic carbocycles. The molecule has 3 rings (SSSR count). The number of rotatable bonds is 2. The molecule has 0 aromatic heterocycles. The molecular formula is C16H23ClN2. The van der Waals surface area contributed by atoms with Gasteiger partial charge in [-0.15, -0.1) is 0 Å².